The fraction of sp³-hybridized carbons (Fsp3) is 0.222. The van der Waals surface area contributed by atoms with Crippen LogP contribution in [0.1, 0.15) is 34.6 Å². The molecule has 0 bridgehead atoms. The smallest absolute Gasteiger partial charge is 1.00 e. The molecule has 0 nitrogen and oxygen atoms in total. The molecule has 0 fully saturated rings. The Morgan fingerprint density at radius 1 is 1.19 bits per heavy atom. The van der Waals surface area contributed by atoms with Crippen LogP contribution < -0.4 is 24.8 Å². The number of hydrogen-bond acceptors (Lipinski definition) is 0. The van der Waals surface area contributed by atoms with Crippen molar-refractivity contribution in [3.05, 3.63) is 75.7 Å². The van der Waals surface area contributed by atoms with Crippen molar-refractivity contribution in [1.29, 1.82) is 0 Å². The molecule has 2 aliphatic rings. The van der Waals surface area contributed by atoms with E-state index in [1.807, 2.05) is 6.08 Å². The van der Waals surface area contributed by atoms with Gasteiger partial charge in [-0.3, -0.25) is 0 Å². The molecule has 0 aliphatic heterocycles. The van der Waals surface area contributed by atoms with Gasteiger partial charge in [0.25, 0.3) is 0 Å². The molecule has 0 aromatic heterocycles. The first-order valence-electron chi connectivity index (χ1n) is 6.91. The number of benzene rings is 1. The zero-order valence-electron chi connectivity index (χ0n) is 11.9. The van der Waals surface area contributed by atoms with Crippen LogP contribution in [0.4, 0.5) is 0 Å². The van der Waals surface area contributed by atoms with Gasteiger partial charge in [-0.05, 0) is 0 Å². The third-order valence-corrected chi connectivity index (χ3v) is 6.41. The van der Waals surface area contributed by atoms with Crippen LogP contribution in [0.3, 0.4) is 0 Å². The minimum absolute atomic E-state index is 0. The first-order chi connectivity index (χ1) is 9.38. The van der Waals surface area contributed by atoms with Crippen LogP contribution in [0.25, 0.3) is 6.08 Å². The van der Waals surface area contributed by atoms with Gasteiger partial charge in [0.15, 0.2) is 0 Å². The van der Waals surface area contributed by atoms with Gasteiger partial charge >= 0.3 is 124 Å². The third kappa shape index (κ3) is 4.23. The summed E-state index contributed by atoms with van der Waals surface area (Å²) in [5.74, 6) is 0. The topological polar surface area (TPSA) is 0 Å². The number of halogens is 2. The molecular formula is C18H18Cl2Ti. The normalized spacial score (nSPS) is 17.8. The third-order valence-electron chi connectivity index (χ3n) is 3.78. The molecule has 0 spiro atoms. The van der Waals surface area contributed by atoms with E-state index >= 15 is 0 Å². The van der Waals surface area contributed by atoms with Crippen LogP contribution in [0.2, 0.25) is 0 Å². The van der Waals surface area contributed by atoms with Gasteiger partial charge in [-0.1, -0.05) is 0 Å². The molecule has 1 atom stereocenters. The van der Waals surface area contributed by atoms with Gasteiger partial charge < -0.3 is 24.8 Å². The van der Waals surface area contributed by atoms with E-state index < -0.39 is 0 Å². The minimum Gasteiger partial charge on any atom is -1.00 e. The van der Waals surface area contributed by atoms with E-state index in [0.29, 0.717) is 4.22 Å². The Bertz CT molecular complexity index is 585. The van der Waals surface area contributed by atoms with Crippen LogP contribution in [0, 0.1) is 0 Å². The summed E-state index contributed by atoms with van der Waals surface area (Å²) in [6.45, 7) is 3.83. The molecule has 3 heteroatoms. The molecule has 2 aliphatic carbocycles. The Morgan fingerprint density at radius 2 is 2.00 bits per heavy atom. The average molecular weight is 353 g/mol. The van der Waals surface area contributed by atoms with Crippen molar-refractivity contribution in [2.75, 3.05) is 0 Å². The van der Waals surface area contributed by atoms with Gasteiger partial charge in [0, 0.05) is 0 Å². The second-order valence-corrected chi connectivity index (χ2v) is 7.41. The van der Waals surface area contributed by atoms with Crippen molar-refractivity contribution in [2.45, 2.75) is 23.5 Å². The molecule has 1 aromatic carbocycles. The first-order valence-corrected chi connectivity index (χ1v) is 8.60. The molecule has 0 heterocycles. The maximum Gasteiger partial charge on any atom is -1.00 e. The second-order valence-electron chi connectivity index (χ2n) is 5.05. The van der Waals surface area contributed by atoms with Crippen molar-refractivity contribution in [3.63, 3.8) is 0 Å². The van der Waals surface area contributed by atoms with Crippen LogP contribution in [0.15, 0.2) is 64.6 Å². The van der Waals surface area contributed by atoms with E-state index in [1.54, 1.807) is 15.0 Å². The van der Waals surface area contributed by atoms with E-state index in [1.165, 1.54) is 18.4 Å². The zero-order chi connectivity index (χ0) is 13.1. The van der Waals surface area contributed by atoms with Crippen LogP contribution in [-0.4, -0.2) is 0 Å². The SMILES string of the molecule is C=CCCC1=[C]([Ti+2][CH]2C=Cc3ccccc32)CC=C1.[Cl-].[Cl-]. The molecule has 3 rings (SSSR count). The number of hydrogen-bond donors (Lipinski definition) is 0. The van der Waals surface area contributed by atoms with Gasteiger partial charge in [0.05, 0.1) is 0 Å². The molecule has 1 unspecified atom stereocenters. The van der Waals surface area contributed by atoms with Gasteiger partial charge in [-0.25, -0.2) is 0 Å². The predicted molar refractivity (Wildman–Crippen MR) is 78.4 cm³/mol. The average Bonchev–Trinajstić information content (AvgIpc) is 3.05. The maximum absolute atomic E-state index is 3.83. The van der Waals surface area contributed by atoms with Crippen molar-refractivity contribution in [1.82, 2.24) is 0 Å². The fourth-order valence-corrected chi connectivity index (χ4v) is 5.28. The molecule has 0 saturated heterocycles. The Hall–Kier alpha value is -0.526. The number of fused-ring (bicyclic) bond motifs is 1. The molecule has 0 radical (unpaired) electrons. The molecule has 0 saturated carbocycles. The van der Waals surface area contributed by atoms with E-state index in [0.717, 1.165) is 6.42 Å². The summed E-state index contributed by atoms with van der Waals surface area (Å²) in [6.07, 6.45) is 14.9. The zero-order valence-corrected chi connectivity index (χ0v) is 14.9. The van der Waals surface area contributed by atoms with E-state index in [-0.39, 0.29) is 44.0 Å². The van der Waals surface area contributed by atoms with Gasteiger partial charge in [0.2, 0.25) is 0 Å². The predicted octanol–water partition coefficient (Wildman–Crippen LogP) is -0.975. The van der Waals surface area contributed by atoms with Crippen LogP contribution >= 0.6 is 0 Å². The molecular weight excluding hydrogens is 335 g/mol. The first kappa shape index (κ1) is 18.5. The molecule has 1 aromatic rings. The summed E-state index contributed by atoms with van der Waals surface area (Å²) < 4.78 is 2.44. The van der Waals surface area contributed by atoms with Gasteiger partial charge in [-0.2, -0.15) is 0 Å². The fourth-order valence-electron chi connectivity index (χ4n) is 2.76. The van der Waals surface area contributed by atoms with Crippen LogP contribution in [-0.2, 0) is 19.2 Å². The summed E-state index contributed by atoms with van der Waals surface area (Å²) in [5, 5.41) is 0. The Morgan fingerprint density at radius 3 is 2.81 bits per heavy atom. The Balaban J connectivity index is 0.00000110. The molecule has 0 N–H and O–H groups in total. The Labute approximate surface area is 148 Å². The van der Waals surface area contributed by atoms with E-state index in [9.17, 15) is 0 Å². The maximum atomic E-state index is 3.83. The summed E-state index contributed by atoms with van der Waals surface area (Å²) >= 11 is -0.0841. The van der Waals surface area contributed by atoms with Crippen molar-refractivity contribution >= 4 is 6.08 Å². The van der Waals surface area contributed by atoms with E-state index in [2.05, 4.69) is 55.1 Å². The molecule has 21 heavy (non-hydrogen) atoms. The second kappa shape index (κ2) is 8.81. The van der Waals surface area contributed by atoms with E-state index in [4.69, 9.17) is 0 Å². The quantitative estimate of drug-likeness (QED) is 0.472. The largest absolute Gasteiger partial charge is 1.00 e. The van der Waals surface area contributed by atoms with Gasteiger partial charge in [0.1, 0.15) is 0 Å². The van der Waals surface area contributed by atoms with Crippen LogP contribution in [0.5, 0.6) is 0 Å². The standard InChI is InChI=1S/C9H7.C9H11.2ClH.Ti/c1-2-5-9-7-3-6-8(9)4-1;1-2-3-6-9-7-4-5-8-9;;;/h1-7H;2,4,7H,1,3,5-6H2;2*1H;/q;;;;+2/p-2. The summed E-state index contributed by atoms with van der Waals surface area (Å²) in [5.41, 5.74) is 4.57. The molecule has 0 amide bonds. The summed E-state index contributed by atoms with van der Waals surface area (Å²) in [7, 11) is 0. The summed E-state index contributed by atoms with van der Waals surface area (Å²) in [6, 6.07) is 8.84. The van der Waals surface area contributed by atoms with Crippen molar-refractivity contribution in [3.8, 4) is 0 Å². The molecule has 108 valence electrons. The van der Waals surface area contributed by atoms with Crippen molar-refractivity contribution in [2.24, 2.45) is 0 Å². The minimum atomic E-state index is -0.0841. The Kier molecular flexibility index (Phi) is 7.77. The van der Waals surface area contributed by atoms with Crippen molar-refractivity contribution < 1.29 is 44.0 Å². The number of rotatable bonds is 5. The monoisotopic (exact) mass is 352 g/mol. The van der Waals surface area contributed by atoms with Gasteiger partial charge in [-0.15, -0.1) is 0 Å². The number of allylic oxidation sites excluding steroid dienone is 6. The summed E-state index contributed by atoms with van der Waals surface area (Å²) in [4.78, 5) is 0.